The van der Waals surface area contributed by atoms with Crippen molar-refractivity contribution in [1.82, 2.24) is 0 Å². The fourth-order valence-electron chi connectivity index (χ4n) is 3.78. The van der Waals surface area contributed by atoms with E-state index in [0.29, 0.717) is 6.42 Å². The zero-order valence-electron chi connectivity index (χ0n) is 14.1. The minimum absolute atomic E-state index is 0.0872. The number of aliphatic carboxylic acids is 1. The Hall–Kier alpha value is -3.32. The van der Waals surface area contributed by atoms with Crippen molar-refractivity contribution in [3.05, 3.63) is 77.4 Å². The van der Waals surface area contributed by atoms with Crippen LogP contribution in [0.5, 0.6) is 0 Å². The van der Waals surface area contributed by atoms with Crippen LogP contribution in [0.3, 0.4) is 0 Å². The van der Waals surface area contributed by atoms with E-state index in [1.165, 1.54) is 0 Å². The highest BCUT2D eigenvalue weighted by molar-refractivity contribution is 5.87. The minimum Gasteiger partial charge on any atom is -0.481 e. The number of nitrogens with one attached hydrogen (secondary N) is 1. The van der Waals surface area contributed by atoms with Gasteiger partial charge < -0.3 is 10.4 Å². The average molecular weight is 342 g/mol. The average Bonchev–Trinajstić information content (AvgIpc) is 3.03. The molecule has 1 aliphatic heterocycles. The highest BCUT2D eigenvalue weighted by Gasteiger charge is 2.24. The monoisotopic (exact) mass is 342 g/mol. The molecule has 0 spiro atoms. The number of hydrogen-bond donors (Lipinski definition) is 2. The lowest BCUT2D eigenvalue weighted by Crippen LogP contribution is -2.19. The van der Waals surface area contributed by atoms with Crippen LogP contribution in [0.25, 0.3) is 10.8 Å². The topological polar surface area (TPSA) is 73.1 Å². The second-order valence-electron chi connectivity index (χ2n) is 6.69. The van der Waals surface area contributed by atoms with Gasteiger partial charge in [0, 0.05) is 11.7 Å². The molecule has 4 rings (SSSR count). The lowest BCUT2D eigenvalue weighted by molar-refractivity contribution is -0.137. The third-order valence-electron chi connectivity index (χ3n) is 4.98. The van der Waals surface area contributed by atoms with E-state index in [2.05, 4.69) is 11.4 Å². The van der Waals surface area contributed by atoms with E-state index in [9.17, 15) is 10.1 Å². The summed E-state index contributed by atoms with van der Waals surface area (Å²) in [6.07, 6.45) is 0.794. The Morgan fingerprint density at radius 2 is 2.00 bits per heavy atom. The van der Waals surface area contributed by atoms with Gasteiger partial charge in [-0.2, -0.15) is 5.26 Å². The normalized spacial score (nSPS) is 16.5. The number of carboxylic acid groups (broad SMARTS) is 1. The van der Waals surface area contributed by atoms with Crippen molar-refractivity contribution in [1.29, 1.82) is 5.26 Å². The molecule has 0 saturated carbocycles. The van der Waals surface area contributed by atoms with E-state index in [0.717, 1.165) is 33.2 Å². The third-order valence-corrected chi connectivity index (χ3v) is 4.98. The largest absolute Gasteiger partial charge is 0.481 e. The Labute approximate surface area is 151 Å². The fraction of sp³-hybridized carbons (Fsp3) is 0.182. The molecule has 128 valence electrons. The Morgan fingerprint density at radius 3 is 2.81 bits per heavy atom. The molecule has 0 aromatic heterocycles. The lowest BCUT2D eigenvalue weighted by atomic mass is 9.88. The third kappa shape index (κ3) is 2.89. The van der Waals surface area contributed by atoms with Crippen molar-refractivity contribution in [2.24, 2.45) is 0 Å². The first-order chi connectivity index (χ1) is 12.7. The van der Waals surface area contributed by atoms with Crippen LogP contribution in [0.15, 0.2) is 60.7 Å². The van der Waals surface area contributed by atoms with Crippen LogP contribution in [0, 0.1) is 11.3 Å². The number of fused-ring (bicyclic) bond motifs is 2. The maximum atomic E-state index is 11.0. The van der Waals surface area contributed by atoms with Crippen LogP contribution in [-0.2, 0) is 11.2 Å². The van der Waals surface area contributed by atoms with Gasteiger partial charge in [0.1, 0.15) is 0 Å². The smallest absolute Gasteiger partial charge is 0.305 e. The van der Waals surface area contributed by atoms with Crippen molar-refractivity contribution >= 4 is 22.4 Å². The van der Waals surface area contributed by atoms with Gasteiger partial charge in [0.2, 0.25) is 0 Å². The molecule has 3 aromatic rings. The number of anilines is 1. The molecule has 26 heavy (non-hydrogen) atoms. The molecule has 4 nitrogen and oxygen atoms in total. The van der Waals surface area contributed by atoms with Crippen molar-refractivity contribution in [2.75, 3.05) is 5.32 Å². The van der Waals surface area contributed by atoms with Gasteiger partial charge >= 0.3 is 5.97 Å². The Morgan fingerprint density at radius 1 is 1.19 bits per heavy atom. The number of benzene rings is 3. The van der Waals surface area contributed by atoms with Gasteiger partial charge in [-0.1, -0.05) is 54.6 Å². The molecule has 0 saturated heterocycles. The zero-order valence-corrected chi connectivity index (χ0v) is 14.1. The summed E-state index contributed by atoms with van der Waals surface area (Å²) in [4.78, 5) is 11.0. The maximum Gasteiger partial charge on any atom is 0.305 e. The molecule has 3 aromatic carbocycles. The minimum atomic E-state index is -0.804. The van der Waals surface area contributed by atoms with E-state index in [4.69, 9.17) is 5.11 Å². The van der Waals surface area contributed by atoms with E-state index in [1.54, 1.807) is 0 Å². The van der Waals surface area contributed by atoms with E-state index >= 15 is 0 Å². The molecule has 1 heterocycles. The number of nitrogens with zero attached hydrogens (tertiary/aromatic N) is 1. The summed E-state index contributed by atoms with van der Waals surface area (Å²) in [5.74, 6) is -1.17. The van der Waals surface area contributed by atoms with Crippen molar-refractivity contribution < 1.29 is 9.90 Å². The lowest BCUT2D eigenvalue weighted by Gasteiger charge is -2.14. The van der Waals surface area contributed by atoms with Gasteiger partial charge in [-0.05, 0) is 39.9 Å². The quantitative estimate of drug-likeness (QED) is 0.741. The van der Waals surface area contributed by atoms with Gasteiger partial charge in [0.05, 0.1) is 18.4 Å². The maximum absolute atomic E-state index is 11.0. The first-order valence-electron chi connectivity index (χ1n) is 8.64. The Kier molecular flexibility index (Phi) is 4.06. The molecule has 0 fully saturated rings. The predicted molar refractivity (Wildman–Crippen MR) is 101 cm³/mol. The highest BCUT2D eigenvalue weighted by atomic mass is 16.4. The van der Waals surface area contributed by atoms with Gasteiger partial charge in [-0.3, -0.25) is 4.79 Å². The summed E-state index contributed by atoms with van der Waals surface area (Å²) in [6, 6.07) is 22.5. The van der Waals surface area contributed by atoms with Crippen LogP contribution in [0.4, 0.5) is 5.69 Å². The summed E-state index contributed by atoms with van der Waals surface area (Å²) in [5, 5.41) is 24.3. The molecule has 2 unspecified atom stereocenters. The van der Waals surface area contributed by atoms with Crippen LogP contribution in [0.2, 0.25) is 0 Å². The molecule has 0 amide bonds. The van der Waals surface area contributed by atoms with Crippen LogP contribution >= 0.6 is 0 Å². The molecule has 2 atom stereocenters. The van der Waals surface area contributed by atoms with Gasteiger partial charge in [-0.15, -0.1) is 0 Å². The summed E-state index contributed by atoms with van der Waals surface area (Å²) in [7, 11) is 0. The summed E-state index contributed by atoms with van der Waals surface area (Å²) in [6.45, 7) is 0. The van der Waals surface area contributed by atoms with Gasteiger partial charge in [0.25, 0.3) is 0 Å². The molecule has 4 heteroatoms. The van der Waals surface area contributed by atoms with E-state index in [1.807, 2.05) is 60.7 Å². The second-order valence-corrected chi connectivity index (χ2v) is 6.69. The van der Waals surface area contributed by atoms with Crippen molar-refractivity contribution in [3.63, 3.8) is 0 Å². The first-order valence-corrected chi connectivity index (χ1v) is 8.64. The number of carboxylic acids is 1. The molecule has 0 radical (unpaired) electrons. The molecule has 2 N–H and O–H groups in total. The number of hydrogen-bond acceptors (Lipinski definition) is 3. The van der Waals surface area contributed by atoms with E-state index < -0.39 is 5.97 Å². The molecule has 0 bridgehead atoms. The standard InChI is InChI=1S/C22H18N2O2/c23-13-20(19-7-3-5-14-4-1-2-6-18(14)19)15-8-9-16-10-17(12-22(25)26)24-21(16)11-15/h1-9,11,17,20,24H,10,12H2,(H,25,26). The molecular formula is C22H18N2O2. The molecular weight excluding hydrogens is 324 g/mol. The van der Waals surface area contributed by atoms with Crippen LogP contribution < -0.4 is 5.32 Å². The van der Waals surface area contributed by atoms with Crippen LogP contribution in [0.1, 0.15) is 29.0 Å². The SMILES string of the molecule is N#CC(c1ccc2c(c1)NC(CC(=O)O)C2)c1cccc2ccccc12. The number of rotatable bonds is 4. The zero-order chi connectivity index (χ0) is 18.1. The van der Waals surface area contributed by atoms with Gasteiger partial charge in [0.15, 0.2) is 0 Å². The summed E-state index contributed by atoms with van der Waals surface area (Å²) in [5.41, 5.74) is 3.96. The fourth-order valence-corrected chi connectivity index (χ4v) is 3.78. The molecule has 0 aliphatic carbocycles. The van der Waals surface area contributed by atoms with Gasteiger partial charge in [-0.25, -0.2) is 0 Å². The predicted octanol–water partition coefficient (Wildman–Crippen LogP) is 4.31. The Balaban J connectivity index is 1.71. The van der Waals surface area contributed by atoms with Crippen LogP contribution in [-0.4, -0.2) is 17.1 Å². The Bertz CT molecular complexity index is 1030. The second kappa shape index (κ2) is 6.53. The van der Waals surface area contributed by atoms with Crippen molar-refractivity contribution in [2.45, 2.75) is 24.8 Å². The molecule has 1 aliphatic rings. The number of nitriles is 1. The summed E-state index contributed by atoms with van der Waals surface area (Å²) >= 11 is 0. The number of carbonyl (C=O) groups is 1. The summed E-state index contributed by atoms with van der Waals surface area (Å²) < 4.78 is 0. The van der Waals surface area contributed by atoms with Crippen molar-refractivity contribution in [3.8, 4) is 6.07 Å². The highest BCUT2D eigenvalue weighted by Crippen LogP contribution is 2.35. The van der Waals surface area contributed by atoms with E-state index in [-0.39, 0.29) is 18.4 Å². The first kappa shape index (κ1) is 16.2.